The molecule has 0 aliphatic carbocycles. The fraction of sp³-hybridized carbons (Fsp3) is 0.111. The van der Waals surface area contributed by atoms with Gasteiger partial charge in [-0.1, -0.05) is 42.0 Å². The Balaban J connectivity index is 2.23. The first-order chi connectivity index (χ1) is 10.3. The fourth-order valence-corrected chi connectivity index (χ4v) is 2.44. The van der Waals surface area contributed by atoms with Crippen LogP contribution in [0.5, 0.6) is 0 Å². The molecule has 0 N–H and O–H groups in total. The molecule has 1 heterocycles. The number of carbonyl (C=O) groups excluding carboxylic acids is 1. The molecular weight excluding hydrogens is 262 g/mol. The van der Waals surface area contributed by atoms with Crippen LogP contribution in [-0.4, -0.2) is 11.5 Å². The second-order valence-electron chi connectivity index (χ2n) is 4.96. The predicted molar refractivity (Wildman–Crippen MR) is 82.8 cm³/mol. The molecule has 0 aliphatic heterocycles. The van der Waals surface area contributed by atoms with Crippen LogP contribution in [0.1, 0.15) is 11.3 Å². The molecule has 0 fully saturated rings. The monoisotopic (exact) mass is 277 g/mol. The SMILES string of the molecule is Cc1ccc2nc(COC=O)cc(-c3ccccc3)c2c1. The van der Waals surface area contributed by atoms with Gasteiger partial charge >= 0.3 is 0 Å². The van der Waals surface area contributed by atoms with Crippen molar-refractivity contribution in [2.24, 2.45) is 0 Å². The Labute approximate surface area is 123 Å². The molecule has 0 spiro atoms. The smallest absolute Gasteiger partial charge is 0.293 e. The Morgan fingerprint density at radius 2 is 1.90 bits per heavy atom. The minimum Gasteiger partial charge on any atom is -0.461 e. The van der Waals surface area contributed by atoms with Gasteiger partial charge in [0.05, 0.1) is 11.2 Å². The van der Waals surface area contributed by atoms with Gasteiger partial charge in [0.25, 0.3) is 6.47 Å². The van der Waals surface area contributed by atoms with Crippen molar-refractivity contribution in [3.05, 3.63) is 65.9 Å². The molecule has 2 aromatic carbocycles. The normalized spacial score (nSPS) is 10.5. The van der Waals surface area contributed by atoms with Crippen LogP contribution in [0.25, 0.3) is 22.0 Å². The van der Waals surface area contributed by atoms with Gasteiger partial charge in [0, 0.05) is 5.39 Å². The van der Waals surface area contributed by atoms with Crippen molar-refractivity contribution in [2.45, 2.75) is 13.5 Å². The number of pyridine rings is 1. The van der Waals surface area contributed by atoms with E-state index in [2.05, 4.69) is 30.1 Å². The maximum Gasteiger partial charge on any atom is 0.293 e. The molecule has 104 valence electrons. The van der Waals surface area contributed by atoms with E-state index >= 15 is 0 Å². The first-order valence-electron chi connectivity index (χ1n) is 6.79. The van der Waals surface area contributed by atoms with Crippen molar-refractivity contribution in [2.75, 3.05) is 0 Å². The van der Waals surface area contributed by atoms with Gasteiger partial charge in [0.15, 0.2) is 0 Å². The Kier molecular flexibility index (Phi) is 3.65. The number of rotatable bonds is 4. The molecule has 0 unspecified atom stereocenters. The largest absolute Gasteiger partial charge is 0.461 e. The van der Waals surface area contributed by atoms with Crippen LogP contribution in [0.3, 0.4) is 0 Å². The molecule has 0 amide bonds. The molecule has 0 aliphatic rings. The lowest BCUT2D eigenvalue weighted by molar-refractivity contribution is -0.129. The highest BCUT2D eigenvalue weighted by Gasteiger charge is 2.08. The maximum atomic E-state index is 10.4. The third-order valence-corrected chi connectivity index (χ3v) is 3.40. The number of benzene rings is 2. The molecule has 0 saturated carbocycles. The van der Waals surface area contributed by atoms with Crippen LogP contribution >= 0.6 is 0 Å². The Morgan fingerprint density at radius 1 is 1.10 bits per heavy atom. The Bertz CT molecular complexity index is 782. The number of aromatic nitrogens is 1. The first-order valence-corrected chi connectivity index (χ1v) is 6.79. The Morgan fingerprint density at radius 3 is 2.67 bits per heavy atom. The van der Waals surface area contributed by atoms with Crippen LogP contribution < -0.4 is 0 Å². The van der Waals surface area contributed by atoms with Crippen molar-refractivity contribution in [3.8, 4) is 11.1 Å². The van der Waals surface area contributed by atoms with E-state index in [1.165, 1.54) is 5.56 Å². The lowest BCUT2D eigenvalue weighted by Crippen LogP contribution is -1.96. The summed E-state index contributed by atoms with van der Waals surface area (Å²) >= 11 is 0. The van der Waals surface area contributed by atoms with E-state index < -0.39 is 0 Å². The molecule has 0 atom stereocenters. The van der Waals surface area contributed by atoms with Crippen LogP contribution in [0.15, 0.2) is 54.6 Å². The van der Waals surface area contributed by atoms with Crippen molar-refractivity contribution in [1.29, 1.82) is 0 Å². The van der Waals surface area contributed by atoms with E-state index in [1.54, 1.807) is 0 Å². The summed E-state index contributed by atoms with van der Waals surface area (Å²) in [6.07, 6.45) is 0. The van der Waals surface area contributed by atoms with Gasteiger partial charge in [0.2, 0.25) is 0 Å². The summed E-state index contributed by atoms with van der Waals surface area (Å²) in [6.45, 7) is 2.70. The van der Waals surface area contributed by atoms with Crippen molar-refractivity contribution in [3.63, 3.8) is 0 Å². The third-order valence-electron chi connectivity index (χ3n) is 3.40. The van der Waals surface area contributed by atoms with Gasteiger partial charge in [-0.3, -0.25) is 4.79 Å². The maximum absolute atomic E-state index is 10.4. The van der Waals surface area contributed by atoms with Gasteiger partial charge in [-0.05, 0) is 36.2 Å². The number of hydrogen-bond donors (Lipinski definition) is 0. The van der Waals surface area contributed by atoms with Gasteiger partial charge in [0.1, 0.15) is 6.61 Å². The molecule has 3 nitrogen and oxygen atoms in total. The number of aryl methyl sites for hydroxylation is 1. The van der Waals surface area contributed by atoms with Gasteiger partial charge < -0.3 is 4.74 Å². The summed E-state index contributed by atoms with van der Waals surface area (Å²) in [6, 6.07) is 18.3. The number of nitrogens with zero attached hydrogens (tertiary/aromatic N) is 1. The fourth-order valence-electron chi connectivity index (χ4n) is 2.44. The lowest BCUT2D eigenvalue weighted by atomic mass is 9.99. The number of carbonyl (C=O) groups is 1. The van der Waals surface area contributed by atoms with Crippen LogP contribution in [-0.2, 0) is 16.1 Å². The zero-order valence-electron chi connectivity index (χ0n) is 11.7. The van der Waals surface area contributed by atoms with E-state index in [4.69, 9.17) is 4.74 Å². The molecular formula is C18H15NO2. The summed E-state index contributed by atoms with van der Waals surface area (Å²) in [5, 5.41) is 1.11. The summed E-state index contributed by atoms with van der Waals surface area (Å²) in [5.74, 6) is 0. The van der Waals surface area contributed by atoms with E-state index in [9.17, 15) is 4.79 Å². The zero-order valence-corrected chi connectivity index (χ0v) is 11.7. The van der Waals surface area contributed by atoms with Crippen molar-refractivity contribution in [1.82, 2.24) is 4.98 Å². The number of fused-ring (bicyclic) bond motifs is 1. The highest BCUT2D eigenvalue weighted by molar-refractivity contribution is 5.95. The predicted octanol–water partition coefficient (Wildman–Crippen LogP) is 3.88. The highest BCUT2D eigenvalue weighted by Crippen LogP contribution is 2.29. The summed E-state index contributed by atoms with van der Waals surface area (Å²) in [4.78, 5) is 14.9. The zero-order chi connectivity index (χ0) is 14.7. The van der Waals surface area contributed by atoms with E-state index in [0.717, 1.165) is 27.7 Å². The summed E-state index contributed by atoms with van der Waals surface area (Å²) in [7, 11) is 0. The van der Waals surface area contributed by atoms with Gasteiger partial charge in [-0.2, -0.15) is 0 Å². The molecule has 0 saturated heterocycles. The molecule has 3 heteroatoms. The topological polar surface area (TPSA) is 39.2 Å². The molecule has 1 aromatic heterocycles. The standard InChI is InChI=1S/C18H15NO2/c1-13-7-8-18-17(9-13)16(14-5-3-2-4-6-14)10-15(19-18)11-21-12-20/h2-10,12H,11H2,1H3. The van der Waals surface area contributed by atoms with Gasteiger partial charge in [-0.25, -0.2) is 4.98 Å². The third kappa shape index (κ3) is 2.77. The lowest BCUT2D eigenvalue weighted by Gasteiger charge is -2.10. The van der Waals surface area contributed by atoms with E-state index in [-0.39, 0.29) is 6.61 Å². The molecule has 21 heavy (non-hydrogen) atoms. The van der Waals surface area contributed by atoms with Crippen molar-refractivity contribution >= 4 is 17.4 Å². The molecule has 0 bridgehead atoms. The first kappa shape index (κ1) is 13.3. The number of ether oxygens (including phenoxy) is 1. The Hall–Kier alpha value is -2.68. The van der Waals surface area contributed by atoms with Crippen molar-refractivity contribution < 1.29 is 9.53 Å². The van der Waals surface area contributed by atoms with Crippen LogP contribution in [0.2, 0.25) is 0 Å². The number of hydrogen-bond acceptors (Lipinski definition) is 3. The van der Waals surface area contributed by atoms with E-state index in [1.807, 2.05) is 36.4 Å². The molecule has 3 rings (SSSR count). The quantitative estimate of drug-likeness (QED) is 0.679. The average Bonchev–Trinajstić information content (AvgIpc) is 2.53. The minimum absolute atomic E-state index is 0.188. The molecule has 0 radical (unpaired) electrons. The summed E-state index contributed by atoms with van der Waals surface area (Å²) in [5.41, 5.74) is 5.08. The van der Waals surface area contributed by atoms with E-state index in [0.29, 0.717) is 6.47 Å². The second-order valence-corrected chi connectivity index (χ2v) is 4.96. The minimum atomic E-state index is 0.188. The highest BCUT2D eigenvalue weighted by atomic mass is 16.5. The average molecular weight is 277 g/mol. The van der Waals surface area contributed by atoms with Crippen LogP contribution in [0.4, 0.5) is 0 Å². The summed E-state index contributed by atoms with van der Waals surface area (Å²) < 4.78 is 4.84. The van der Waals surface area contributed by atoms with Crippen LogP contribution in [0, 0.1) is 6.92 Å². The van der Waals surface area contributed by atoms with Gasteiger partial charge in [-0.15, -0.1) is 0 Å². The second kappa shape index (κ2) is 5.75. The molecule has 3 aromatic rings.